The van der Waals surface area contributed by atoms with Crippen LogP contribution in [0.25, 0.3) is 16.7 Å². The Morgan fingerprint density at radius 1 is 0.864 bits per heavy atom. The standard InChI is InChI=1S/C19H15F3/c1-19(22)17(20)12-11-16(18(19)21)15-10-6-5-9-14(15)13-7-3-2-4-8-13/h2-12,18H,1H3. The molecule has 0 aromatic heterocycles. The molecule has 0 nitrogen and oxygen atoms in total. The van der Waals surface area contributed by atoms with Gasteiger partial charge in [-0.05, 0) is 35.3 Å². The molecule has 0 spiro atoms. The monoisotopic (exact) mass is 300 g/mol. The Hall–Kier alpha value is -2.29. The third-order valence-corrected chi connectivity index (χ3v) is 3.95. The molecule has 0 fully saturated rings. The van der Waals surface area contributed by atoms with Crippen LogP contribution in [0.4, 0.5) is 13.2 Å². The molecule has 0 bridgehead atoms. The van der Waals surface area contributed by atoms with Crippen LogP contribution < -0.4 is 0 Å². The predicted octanol–water partition coefficient (Wildman–Crippen LogP) is 5.67. The molecule has 2 atom stereocenters. The smallest absolute Gasteiger partial charge is 0.194 e. The fourth-order valence-electron chi connectivity index (χ4n) is 2.65. The van der Waals surface area contributed by atoms with E-state index in [1.54, 1.807) is 12.1 Å². The second kappa shape index (κ2) is 5.48. The maximum absolute atomic E-state index is 14.5. The van der Waals surface area contributed by atoms with E-state index in [1.165, 1.54) is 6.08 Å². The summed E-state index contributed by atoms with van der Waals surface area (Å²) in [5.41, 5.74) is -0.196. The van der Waals surface area contributed by atoms with Gasteiger partial charge in [0.2, 0.25) is 0 Å². The van der Waals surface area contributed by atoms with Gasteiger partial charge in [-0.3, -0.25) is 0 Å². The molecule has 0 N–H and O–H groups in total. The van der Waals surface area contributed by atoms with E-state index in [1.807, 2.05) is 42.5 Å². The van der Waals surface area contributed by atoms with Gasteiger partial charge in [0.15, 0.2) is 11.8 Å². The average Bonchev–Trinajstić information content (AvgIpc) is 2.54. The lowest BCUT2D eigenvalue weighted by Gasteiger charge is -2.29. The van der Waals surface area contributed by atoms with Gasteiger partial charge in [0.1, 0.15) is 5.83 Å². The number of rotatable bonds is 2. The molecule has 1 aliphatic carbocycles. The Balaban J connectivity index is 2.15. The van der Waals surface area contributed by atoms with Gasteiger partial charge in [-0.1, -0.05) is 60.7 Å². The van der Waals surface area contributed by atoms with E-state index in [0.29, 0.717) is 5.56 Å². The van der Waals surface area contributed by atoms with Crippen molar-refractivity contribution in [2.45, 2.75) is 18.8 Å². The van der Waals surface area contributed by atoms with E-state index in [2.05, 4.69) is 0 Å². The van der Waals surface area contributed by atoms with Crippen LogP contribution in [-0.2, 0) is 0 Å². The van der Waals surface area contributed by atoms with Crippen molar-refractivity contribution in [1.29, 1.82) is 0 Å². The van der Waals surface area contributed by atoms with Crippen LogP contribution in [0.5, 0.6) is 0 Å². The van der Waals surface area contributed by atoms with Crippen molar-refractivity contribution in [2.24, 2.45) is 0 Å². The molecular formula is C19H15F3. The minimum Gasteiger partial charge on any atom is -0.238 e. The molecule has 0 amide bonds. The van der Waals surface area contributed by atoms with Crippen molar-refractivity contribution in [1.82, 2.24) is 0 Å². The van der Waals surface area contributed by atoms with Crippen LogP contribution >= 0.6 is 0 Å². The number of hydrogen-bond acceptors (Lipinski definition) is 0. The third kappa shape index (κ3) is 2.37. The summed E-state index contributed by atoms with van der Waals surface area (Å²) >= 11 is 0. The number of halogens is 3. The summed E-state index contributed by atoms with van der Waals surface area (Å²) in [6.45, 7) is 0.932. The molecule has 2 aromatic rings. The number of alkyl halides is 2. The van der Waals surface area contributed by atoms with Crippen molar-refractivity contribution < 1.29 is 13.2 Å². The molecule has 22 heavy (non-hydrogen) atoms. The Morgan fingerprint density at radius 2 is 1.45 bits per heavy atom. The predicted molar refractivity (Wildman–Crippen MR) is 83.5 cm³/mol. The maximum atomic E-state index is 14.5. The molecule has 0 saturated carbocycles. The topological polar surface area (TPSA) is 0 Å². The first kappa shape index (κ1) is 14.6. The van der Waals surface area contributed by atoms with Crippen LogP contribution in [-0.4, -0.2) is 11.8 Å². The first-order valence-corrected chi connectivity index (χ1v) is 7.07. The highest BCUT2D eigenvalue weighted by Crippen LogP contribution is 2.42. The highest BCUT2D eigenvalue weighted by Gasteiger charge is 2.44. The van der Waals surface area contributed by atoms with Gasteiger partial charge in [0.25, 0.3) is 0 Å². The fourth-order valence-corrected chi connectivity index (χ4v) is 2.65. The van der Waals surface area contributed by atoms with Crippen LogP contribution in [0.15, 0.2) is 72.6 Å². The number of allylic oxidation sites excluding steroid dienone is 4. The second-order valence-corrected chi connectivity index (χ2v) is 5.49. The maximum Gasteiger partial charge on any atom is 0.194 e. The Morgan fingerprint density at radius 3 is 2.14 bits per heavy atom. The van der Waals surface area contributed by atoms with Crippen molar-refractivity contribution in [3.05, 3.63) is 78.1 Å². The first-order valence-electron chi connectivity index (χ1n) is 7.07. The van der Waals surface area contributed by atoms with Crippen LogP contribution in [0, 0.1) is 0 Å². The quantitative estimate of drug-likeness (QED) is 0.670. The van der Waals surface area contributed by atoms with E-state index in [4.69, 9.17) is 0 Å². The molecule has 2 unspecified atom stereocenters. The first-order chi connectivity index (χ1) is 10.5. The highest BCUT2D eigenvalue weighted by atomic mass is 19.2. The fraction of sp³-hybridized carbons (Fsp3) is 0.158. The summed E-state index contributed by atoms with van der Waals surface area (Å²) in [6.07, 6.45) is 0.290. The molecule has 0 heterocycles. The SMILES string of the molecule is CC1(F)C(F)=CC=C(c2ccccc2-c2ccccc2)C1F. The van der Waals surface area contributed by atoms with E-state index >= 15 is 0 Å². The largest absolute Gasteiger partial charge is 0.238 e. The number of hydrogen-bond donors (Lipinski definition) is 0. The molecule has 0 aliphatic heterocycles. The summed E-state index contributed by atoms with van der Waals surface area (Å²) in [6, 6.07) is 16.6. The van der Waals surface area contributed by atoms with Crippen molar-refractivity contribution in [3.63, 3.8) is 0 Å². The molecule has 1 aliphatic rings. The molecule has 2 aromatic carbocycles. The Bertz CT molecular complexity index is 742. The zero-order valence-electron chi connectivity index (χ0n) is 12.1. The minimum absolute atomic E-state index is 0.158. The summed E-state index contributed by atoms with van der Waals surface area (Å²) in [5.74, 6) is -1.08. The van der Waals surface area contributed by atoms with Gasteiger partial charge in [-0.25, -0.2) is 13.2 Å². The molecule has 0 saturated heterocycles. The average molecular weight is 300 g/mol. The zero-order chi connectivity index (χ0) is 15.7. The Labute approximate surface area is 127 Å². The van der Waals surface area contributed by atoms with E-state index in [0.717, 1.165) is 24.1 Å². The van der Waals surface area contributed by atoms with Gasteiger partial charge < -0.3 is 0 Å². The molecule has 3 rings (SSSR count). The lowest BCUT2D eigenvalue weighted by atomic mass is 9.83. The summed E-state index contributed by atoms with van der Waals surface area (Å²) in [4.78, 5) is 0. The molecule has 3 heteroatoms. The third-order valence-electron chi connectivity index (χ3n) is 3.95. The van der Waals surface area contributed by atoms with Crippen LogP contribution in [0.1, 0.15) is 12.5 Å². The van der Waals surface area contributed by atoms with E-state index < -0.39 is 17.7 Å². The van der Waals surface area contributed by atoms with E-state index in [-0.39, 0.29) is 5.57 Å². The lowest BCUT2D eigenvalue weighted by molar-refractivity contribution is 0.112. The van der Waals surface area contributed by atoms with Crippen molar-refractivity contribution in [3.8, 4) is 11.1 Å². The molecule has 112 valence electrons. The van der Waals surface area contributed by atoms with Crippen LogP contribution in [0.3, 0.4) is 0 Å². The second-order valence-electron chi connectivity index (χ2n) is 5.49. The van der Waals surface area contributed by atoms with Gasteiger partial charge in [-0.15, -0.1) is 0 Å². The summed E-state index contributed by atoms with van der Waals surface area (Å²) < 4.78 is 42.3. The van der Waals surface area contributed by atoms with Gasteiger partial charge in [0, 0.05) is 0 Å². The minimum atomic E-state index is -2.63. The molecule has 0 radical (unpaired) electrons. The summed E-state index contributed by atoms with van der Waals surface area (Å²) in [7, 11) is 0. The van der Waals surface area contributed by atoms with Gasteiger partial charge in [-0.2, -0.15) is 0 Å². The Kier molecular flexibility index (Phi) is 3.65. The summed E-state index contributed by atoms with van der Waals surface area (Å²) in [5, 5.41) is 0. The normalized spacial score (nSPS) is 24.6. The molecular weight excluding hydrogens is 285 g/mol. The number of benzene rings is 2. The van der Waals surface area contributed by atoms with Gasteiger partial charge >= 0.3 is 0 Å². The zero-order valence-corrected chi connectivity index (χ0v) is 12.1. The van der Waals surface area contributed by atoms with Crippen molar-refractivity contribution in [2.75, 3.05) is 0 Å². The van der Waals surface area contributed by atoms with E-state index in [9.17, 15) is 13.2 Å². The highest BCUT2D eigenvalue weighted by molar-refractivity contribution is 5.85. The van der Waals surface area contributed by atoms with Crippen molar-refractivity contribution >= 4 is 5.57 Å². The van der Waals surface area contributed by atoms with Gasteiger partial charge in [0.05, 0.1) is 0 Å². The lowest BCUT2D eigenvalue weighted by Crippen LogP contribution is -2.35. The van der Waals surface area contributed by atoms with Crippen LogP contribution in [0.2, 0.25) is 0 Å².